The molecule has 0 N–H and O–H groups in total. The van der Waals surface area contributed by atoms with Gasteiger partial charge in [0.2, 0.25) is 0 Å². The van der Waals surface area contributed by atoms with Crippen LogP contribution in [0.2, 0.25) is 0 Å². The first-order valence-electron chi connectivity index (χ1n) is 11.4. The summed E-state index contributed by atoms with van der Waals surface area (Å²) in [5, 5.41) is 0. The van der Waals surface area contributed by atoms with E-state index in [9.17, 15) is 9.59 Å². The normalized spacial score (nSPS) is 10.2. The molecule has 0 amide bonds. The minimum atomic E-state index is -0.308. The molecular formula is C26H38O3. The van der Waals surface area contributed by atoms with Crippen LogP contribution >= 0.6 is 0 Å². The highest BCUT2D eigenvalue weighted by molar-refractivity contribution is 5.97. The summed E-state index contributed by atoms with van der Waals surface area (Å²) in [6.45, 7) is 2.08. The van der Waals surface area contributed by atoms with Gasteiger partial charge < -0.3 is 4.74 Å². The molecule has 0 atom stereocenters. The van der Waals surface area contributed by atoms with Gasteiger partial charge in [-0.2, -0.15) is 0 Å². The molecule has 0 aliphatic carbocycles. The maximum atomic E-state index is 11.9. The molecule has 0 fully saturated rings. The number of hydrogen-bond donors (Lipinski definition) is 0. The van der Waals surface area contributed by atoms with Crippen molar-refractivity contribution in [2.24, 2.45) is 0 Å². The summed E-state index contributed by atoms with van der Waals surface area (Å²) >= 11 is 0. The van der Waals surface area contributed by atoms with Gasteiger partial charge in [0.1, 0.15) is 0 Å². The van der Waals surface area contributed by atoms with E-state index >= 15 is 0 Å². The van der Waals surface area contributed by atoms with Crippen molar-refractivity contribution in [3.8, 4) is 11.8 Å². The molecule has 0 unspecified atom stereocenters. The van der Waals surface area contributed by atoms with Crippen molar-refractivity contribution in [2.75, 3.05) is 6.61 Å². The third-order valence-corrected chi connectivity index (χ3v) is 4.92. The molecule has 3 heteroatoms. The molecule has 0 saturated carbocycles. The summed E-state index contributed by atoms with van der Waals surface area (Å²) in [4.78, 5) is 23.6. The van der Waals surface area contributed by atoms with Crippen molar-refractivity contribution in [3.63, 3.8) is 0 Å². The summed E-state index contributed by atoms with van der Waals surface area (Å²) in [5.74, 6) is 5.97. The van der Waals surface area contributed by atoms with E-state index in [1.165, 1.54) is 57.8 Å². The second-order valence-electron chi connectivity index (χ2n) is 7.59. The molecular weight excluding hydrogens is 360 g/mol. The Bertz CT molecular complexity index is 610. The molecule has 0 heterocycles. The Kier molecular flexibility index (Phi) is 15.5. The van der Waals surface area contributed by atoms with E-state index in [1.807, 2.05) is 6.07 Å². The predicted octanol–water partition coefficient (Wildman–Crippen LogP) is 6.90. The average molecular weight is 399 g/mol. The highest BCUT2D eigenvalue weighted by atomic mass is 16.5. The van der Waals surface area contributed by atoms with Crippen molar-refractivity contribution in [1.29, 1.82) is 0 Å². The van der Waals surface area contributed by atoms with E-state index in [-0.39, 0.29) is 18.4 Å². The van der Waals surface area contributed by atoms with Crippen LogP contribution in [0.25, 0.3) is 0 Å². The number of unbranched alkanes of at least 4 members (excludes halogenated alkanes) is 11. The third kappa shape index (κ3) is 14.6. The Morgan fingerprint density at radius 3 is 1.93 bits per heavy atom. The summed E-state index contributed by atoms with van der Waals surface area (Å²) < 4.78 is 5.05. The minimum Gasteiger partial charge on any atom is -0.457 e. The van der Waals surface area contributed by atoms with Gasteiger partial charge in [-0.25, -0.2) is 0 Å². The lowest BCUT2D eigenvalue weighted by atomic mass is 10.1. The van der Waals surface area contributed by atoms with Gasteiger partial charge in [0, 0.05) is 24.8 Å². The number of Topliss-reactive ketones (excluding diaryl/α,β-unsaturated/α-hetero) is 1. The van der Waals surface area contributed by atoms with Crippen molar-refractivity contribution in [3.05, 3.63) is 35.9 Å². The zero-order valence-electron chi connectivity index (χ0n) is 18.2. The number of rotatable bonds is 16. The van der Waals surface area contributed by atoms with Gasteiger partial charge in [-0.05, 0) is 19.3 Å². The fourth-order valence-corrected chi connectivity index (χ4v) is 3.11. The average Bonchev–Trinajstić information content (AvgIpc) is 2.75. The van der Waals surface area contributed by atoms with E-state index in [0.29, 0.717) is 12.0 Å². The number of ether oxygens (including phenoxy) is 1. The SMILES string of the molecule is CCCCCCCCCCCC#CCCCCC(=O)OCC(=O)c1ccccc1. The molecule has 0 aromatic heterocycles. The van der Waals surface area contributed by atoms with Crippen molar-refractivity contribution < 1.29 is 14.3 Å². The maximum Gasteiger partial charge on any atom is 0.306 e. The van der Waals surface area contributed by atoms with Crippen LogP contribution in [0.1, 0.15) is 107 Å². The Morgan fingerprint density at radius 1 is 0.759 bits per heavy atom. The molecule has 29 heavy (non-hydrogen) atoms. The molecule has 1 aromatic carbocycles. The Balaban J connectivity index is 1.90. The Hall–Kier alpha value is -2.08. The van der Waals surface area contributed by atoms with Crippen LogP contribution < -0.4 is 0 Å². The number of hydrogen-bond acceptors (Lipinski definition) is 3. The highest BCUT2D eigenvalue weighted by Crippen LogP contribution is 2.10. The van der Waals surface area contributed by atoms with Gasteiger partial charge in [0.15, 0.2) is 12.4 Å². The van der Waals surface area contributed by atoms with Crippen LogP contribution in [0.3, 0.4) is 0 Å². The number of carbonyl (C=O) groups excluding carboxylic acids is 2. The zero-order valence-corrected chi connectivity index (χ0v) is 18.2. The van der Waals surface area contributed by atoms with Crippen LogP contribution in [0.4, 0.5) is 0 Å². The topological polar surface area (TPSA) is 43.4 Å². The minimum absolute atomic E-state index is 0.165. The van der Waals surface area contributed by atoms with E-state index in [2.05, 4.69) is 18.8 Å². The van der Waals surface area contributed by atoms with Crippen molar-refractivity contribution in [1.82, 2.24) is 0 Å². The standard InChI is InChI=1S/C26H38O3/c1-2-3-4-5-6-7-8-9-10-11-12-13-14-15-19-22-26(28)29-23-25(27)24-20-17-16-18-21-24/h16-18,20-21H,2-11,14-15,19,22-23H2,1H3. The van der Waals surface area contributed by atoms with Crippen molar-refractivity contribution >= 4 is 11.8 Å². The number of benzene rings is 1. The lowest BCUT2D eigenvalue weighted by Crippen LogP contribution is -2.13. The lowest BCUT2D eigenvalue weighted by molar-refractivity contribution is -0.142. The van der Waals surface area contributed by atoms with Crippen molar-refractivity contribution in [2.45, 2.75) is 96.8 Å². The number of carbonyl (C=O) groups is 2. The summed E-state index contributed by atoms with van der Waals surface area (Å²) in [5.41, 5.74) is 0.572. The van der Waals surface area contributed by atoms with E-state index < -0.39 is 0 Å². The quantitative estimate of drug-likeness (QED) is 0.132. The summed E-state index contributed by atoms with van der Waals surface area (Å²) in [6.07, 6.45) is 15.9. The number of esters is 1. The molecule has 0 spiro atoms. The molecule has 0 bridgehead atoms. The van der Waals surface area contributed by atoms with E-state index in [4.69, 9.17) is 4.74 Å². The first kappa shape index (κ1) is 25.0. The smallest absolute Gasteiger partial charge is 0.306 e. The van der Waals surface area contributed by atoms with Gasteiger partial charge in [-0.15, -0.1) is 11.8 Å². The molecule has 3 nitrogen and oxygen atoms in total. The molecule has 0 aliphatic heterocycles. The largest absolute Gasteiger partial charge is 0.457 e. The molecule has 1 aromatic rings. The fraction of sp³-hybridized carbons (Fsp3) is 0.615. The van der Waals surface area contributed by atoms with Gasteiger partial charge in [0.05, 0.1) is 0 Å². The maximum absolute atomic E-state index is 11.9. The summed E-state index contributed by atoms with van der Waals surface area (Å²) in [7, 11) is 0. The first-order chi connectivity index (χ1) is 14.2. The van der Waals surface area contributed by atoms with Gasteiger partial charge in [-0.1, -0.05) is 88.6 Å². The van der Waals surface area contributed by atoms with Crippen LogP contribution in [0, 0.1) is 11.8 Å². The van der Waals surface area contributed by atoms with Gasteiger partial charge in [-0.3, -0.25) is 9.59 Å². The zero-order chi connectivity index (χ0) is 21.0. The van der Waals surface area contributed by atoms with E-state index in [0.717, 1.165) is 25.7 Å². The second-order valence-corrected chi connectivity index (χ2v) is 7.59. The van der Waals surface area contributed by atoms with Crippen LogP contribution in [-0.2, 0) is 9.53 Å². The molecule has 0 saturated heterocycles. The van der Waals surface area contributed by atoms with Gasteiger partial charge in [0.25, 0.3) is 0 Å². The summed E-state index contributed by atoms with van der Waals surface area (Å²) in [6, 6.07) is 8.90. The lowest BCUT2D eigenvalue weighted by Gasteiger charge is -2.03. The highest BCUT2D eigenvalue weighted by Gasteiger charge is 2.09. The second kappa shape index (κ2) is 18.0. The Labute approximate surface area is 177 Å². The Morgan fingerprint density at radius 2 is 1.31 bits per heavy atom. The molecule has 0 radical (unpaired) electrons. The third-order valence-electron chi connectivity index (χ3n) is 4.92. The monoisotopic (exact) mass is 398 g/mol. The van der Waals surface area contributed by atoms with Crippen LogP contribution in [0.5, 0.6) is 0 Å². The molecule has 1 rings (SSSR count). The van der Waals surface area contributed by atoms with Crippen LogP contribution in [-0.4, -0.2) is 18.4 Å². The van der Waals surface area contributed by atoms with Crippen LogP contribution in [0.15, 0.2) is 30.3 Å². The molecule has 0 aliphatic rings. The van der Waals surface area contributed by atoms with Gasteiger partial charge >= 0.3 is 5.97 Å². The number of ketones is 1. The fourth-order valence-electron chi connectivity index (χ4n) is 3.11. The molecule has 160 valence electrons. The first-order valence-corrected chi connectivity index (χ1v) is 11.4. The van der Waals surface area contributed by atoms with E-state index in [1.54, 1.807) is 24.3 Å². The predicted molar refractivity (Wildman–Crippen MR) is 120 cm³/mol.